The number of halogens is 1. The second-order valence-corrected chi connectivity index (χ2v) is 5.21. The summed E-state index contributed by atoms with van der Waals surface area (Å²) in [5.74, 6) is 1.53. The molecule has 0 fully saturated rings. The van der Waals surface area contributed by atoms with Gasteiger partial charge in [0, 0.05) is 18.8 Å². The Morgan fingerprint density at radius 1 is 1.33 bits per heavy atom. The van der Waals surface area contributed by atoms with Crippen molar-refractivity contribution in [2.24, 2.45) is 0 Å². The van der Waals surface area contributed by atoms with Gasteiger partial charge in [-0.2, -0.15) is 0 Å². The van der Waals surface area contributed by atoms with Gasteiger partial charge in [-0.3, -0.25) is 4.98 Å². The average molecular weight is 307 g/mol. The monoisotopic (exact) mass is 306 g/mol. The molecule has 2 heterocycles. The predicted octanol–water partition coefficient (Wildman–Crippen LogP) is 2.93. The Labute approximate surface area is 115 Å². The van der Waals surface area contributed by atoms with Crippen molar-refractivity contribution >= 4 is 21.7 Å². The van der Waals surface area contributed by atoms with Gasteiger partial charge in [0.15, 0.2) is 0 Å². The molecule has 18 heavy (non-hydrogen) atoms. The molecule has 0 aliphatic heterocycles. The lowest BCUT2D eigenvalue weighted by molar-refractivity contribution is 0.786. The van der Waals surface area contributed by atoms with Crippen LogP contribution in [0.2, 0.25) is 0 Å². The van der Waals surface area contributed by atoms with E-state index < -0.39 is 0 Å². The Hall–Kier alpha value is -1.49. The van der Waals surface area contributed by atoms with Crippen molar-refractivity contribution in [1.29, 1.82) is 0 Å². The molecule has 2 rings (SSSR count). The second kappa shape index (κ2) is 5.44. The molecule has 0 radical (unpaired) electrons. The summed E-state index contributed by atoms with van der Waals surface area (Å²) in [4.78, 5) is 12.9. The zero-order valence-corrected chi connectivity index (χ0v) is 12.0. The van der Waals surface area contributed by atoms with Gasteiger partial charge < -0.3 is 5.73 Å². The summed E-state index contributed by atoms with van der Waals surface area (Å²) in [6.45, 7) is 4.17. The molecular formula is C13H15BrN4. The number of aromatic nitrogens is 3. The van der Waals surface area contributed by atoms with Gasteiger partial charge in [-0.25, -0.2) is 9.97 Å². The fraction of sp³-hybridized carbons (Fsp3) is 0.308. The number of nitrogens with two attached hydrogens (primary N) is 1. The highest BCUT2D eigenvalue weighted by molar-refractivity contribution is 9.10. The first kappa shape index (κ1) is 13.0. The highest BCUT2D eigenvalue weighted by Crippen LogP contribution is 2.27. The smallest absolute Gasteiger partial charge is 0.141 e. The van der Waals surface area contributed by atoms with Gasteiger partial charge in [-0.05, 0) is 33.5 Å². The van der Waals surface area contributed by atoms with Crippen LogP contribution in [0.4, 0.5) is 5.82 Å². The van der Waals surface area contributed by atoms with Crippen molar-refractivity contribution in [3.05, 3.63) is 46.1 Å². The number of hydrogen-bond donors (Lipinski definition) is 1. The molecule has 0 saturated carbocycles. The fourth-order valence-electron chi connectivity index (χ4n) is 1.68. The SMILES string of the molecule is CC(C)c1nc(Cc2cccnc2)nc(N)c1Br. The van der Waals surface area contributed by atoms with E-state index in [0.717, 1.165) is 21.6 Å². The minimum Gasteiger partial charge on any atom is -0.383 e. The lowest BCUT2D eigenvalue weighted by Crippen LogP contribution is -2.07. The van der Waals surface area contributed by atoms with E-state index in [-0.39, 0.29) is 0 Å². The lowest BCUT2D eigenvalue weighted by Gasteiger charge is -2.11. The molecule has 4 nitrogen and oxygen atoms in total. The maximum absolute atomic E-state index is 5.90. The van der Waals surface area contributed by atoms with Gasteiger partial charge in [0.25, 0.3) is 0 Å². The van der Waals surface area contributed by atoms with Crippen LogP contribution >= 0.6 is 15.9 Å². The molecule has 0 amide bonds. The number of nitrogens with zero attached hydrogens (tertiary/aromatic N) is 3. The summed E-state index contributed by atoms with van der Waals surface area (Å²) in [5, 5.41) is 0. The molecule has 0 spiro atoms. The summed E-state index contributed by atoms with van der Waals surface area (Å²) in [6, 6.07) is 3.91. The predicted molar refractivity (Wildman–Crippen MR) is 75.3 cm³/mol. The molecule has 0 unspecified atom stereocenters. The summed E-state index contributed by atoms with van der Waals surface area (Å²) in [6.07, 6.45) is 4.21. The van der Waals surface area contributed by atoms with Crippen LogP contribution in [0.25, 0.3) is 0 Å². The summed E-state index contributed by atoms with van der Waals surface area (Å²) >= 11 is 3.44. The Balaban J connectivity index is 2.35. The van der Waals surface area contributed by atoms with E-state index in [9.17, 15) is 0 Å². The van der Waals surface area contributed by atoms with Gasteiger partial charge in [0.05, 0.1) is 10.2 Å². The molecule has 0 saturated heterocycles. The van der Waals surface area contributed by atoms with Crippen LogP contribution in [0.5, 0.6) is 0 Å². The van der Waals surface area contributed by atoms with Crippen molar-refractivity contribution in [3.63, 3.8) is 0 Å². The largest absolute Gasteiger partial charge is 0.383 e. The average Bonchev–Trinajstić information content (AvgIpc) is 2.34. The first-order chi connectivity index (χ1) is 8.58. The molecular weight excluding hydrogens is 292 g/mol. The van der Waals surface area contributed by atoms with Gasteiger partial charge >= 0.3 is 0 Å². The molecule has 5 heteroatoms. The van der Waals surface area contributed by atoms with Crippen molar-refractivity contribution in [2.75, 3.05) is 5.73 Å². The normalized spacial score (nSPS) is 10.9. The maximum Gasteiger partial charge on any atom is 0.141 e. The third kappa shape index (κ3) is 2.85. The molecule has 0 atom stereocenters. The van der Waals surface area contributed by atoms with Crippen LogP contribution < -0.4 is 5.73 Å². The van der Waals surface area contributed by atoms with Crippen LogP contribution in [0.1, 0.15) is 36.8 Å². The fourth-order valence-corrected chi connectivity index (χ4v) is 2.31. The van der Waals surface area contributed by atoms with Gasteiger partial charge in [0.1, 0.15) is 11.6 Å². The van der Waals surface area contributed by atoms with Crippen molar-refractivity contribution < 1.29 is 0 Å². The first-order valence-corrected chi connectivity index (χ1v) is 6.58. The topological polar surface area (TPSA) is 64.7 Å². The van der Waals surface area contributed by atoms with E-state index in [2.05, 4.69) is 44.7 Å². The van der Waals surface area contributed by atoms with Crippen LogP contribution in [0, 0.1) is 0 Å². The number of anilines is 1. The molecule has 2 aromatic rings. The third-order valence-corrected chi connectivity index (χ3v) is 3.39. The van der Waals surface area contributed by atoms with Gasteiger partial charge in [-0.1, -0.05) is 19.9 Å². The quantitative estimate of drug-likeness (QED) is 0.947. The summed E-state index contributed by atoms with van der Waals surface area (Å²) in [7, 11) is 0. The summed E-state index contributed by atoms with van der Waals surface area (Å²) < 4.78 is 0.799. The Kier molecular flexibility index (Phi) is 3.91. The Bertz CT molecular complexity index is 540. The van der Waals surface area contributed by atoms with E-state index in [1.807, 2.05) is 18.3 Å². The number of nitrogen functional groups attached to an aromatic ring is 1. The third-order valence-electron chi connectivity index (χ3n) is 2.58. The van der Waals surface area contributed by atoms with E-state index in [1.165, 1.54) is 0 Å². The second-order valence-electron chi connectivity index (χ2n) is 4.42. The number of pyridine rings is 1. The zero-order chi connectivity index (χ0) is 13.1. The van der Waals surface area contributed by atoms with Gasteiger partial charge in [0.2, 0.25) is 0 Å². The van der Waals surface area contributed by atoms with Crippen LogP contribution in [0.3, 0.4) is 0 Å². The lowest BCUT2D eigenvalue weighted by atomic mass is 10.1. The minimum absolute atomic E-state index is 0.303. The van der Waals surface area contributed by atoms with Gasteiger partial charge in [-0.15, -0.1) is 0 Å². The summed E-state index contributed by atoms with van der Waals surface area (Å²) in [5.41, 5.74) is 7.92. The molecule has 0 aliphatic rings. The minimum atomic E-state index is 0.303. The van der Waals surface area contributed by atoms with E-state index in [1.54, 1.807) is 6.20 Å². The Morgan fingerprint density at radius 3 is 2.72 bits per heavy atom. The van der Waals surface area contributed by atoms with Crippen molar-refractivity contribution in [1.82, 2.24) is 15.0 Å². The molecule has 2 aromatic heterocycles. The first-order valence-electron chi connectivity index (χ1n) is 5.78. The number of rotatable bonds is 3. The zero-order valence-electron chi connectivity index (χ0n) is 10.4. The highest BCUT2D eigenvalue weighted by atomic mass is 79.9. The van der Waals surface area contributed by atoms with Crippen LogP contribution in [-0.2, 0) is 6.42 Å². The Morgan fingerprint density at radius 2 is 2.11 bits per heavy atom. The molecule has 0 aliphatic carbocycles. The molecule has 0 bridgehead atoms. The van der Waals surface area contributed by atoms with Crippen LogP contribution in [-0.4, -0.2) is 15.0 Å². The number of hydrogen-bond acceptors (Lipinski definition) is 4. The van der Waals surface area contributed by atoms with E-state index in [0.29, 0.717) is 18.2 Å². The molecule has 2 N–H and O–H groups in total. The van der Waals surface area contributed by atoms with E-state index in [4.69, 9.17) is 5.73 Å². The van der Waals surface area contributed by atoms with Crippen LogP contribution in [0.15, 0.2) is 29.0 Å². The van der Waals surface area contributed by atoms with Crippen molar-refractivity contribution in [2.45, 2.75) is 26.2 Å². The standard InChI is InChI=1S/C13H15BrN4/c1-8(2)12-11(14)13(15)18-10(17-12)6-9-4-3-5-16-7-9/h3-5,7-8H,6H2,1-2H3,(H2,15,17,18). The van der Waals surface area contributed by atoms with Crippen molar-refractivity contribution in [3.8, 4) is 0 Å². The maximum atomic E-state index is 5.90. The molecule has 0 aromatic carbocycles. The molecule has 94 valence electrons. The van der Waals surface area contributed by atoms with E-state index >= 15 is 0 Å². The highest BCUT2D eigenvalue weighted by Gasteiger charge is 2.13.